The predicted octanol–water partition coefficient (Wildman–Crippen LogP) is -1.30. The first-order chi connectivity index (χ1) is 16.0. The molecule has 0 aromatic rings. The molecule has 10 nitrogen and oxygen atoms in total. The van der Waals surface area contributed by atoms with Gasteiger partial charge < -0.3 is 38.1 Å². The third kappa shape index (κ3) is 20.3. The SMILES string of the molecule is CN(C)CNC(=O)CN(CCCN(CCCN)CCCN)CCCN(CCCN)CCCN. The Morgan fingerprint density at radius 2 is 0.909 bits per heavy atom. The molecule has 0 spiro atoms. The topological polar surface area (TPSA) is 146 Å². The Bertz CT molecular complexity index is 398. The van der Waals surface area contributed by atoms with E-state index in [1.165, 1.54) is 0 Å². The van der Waals surface area contributed by atoms with Crippen LogP contribution in [0, 0.1) is 0 Å². The zero-order valence-corrected chi connectivity index (χ0v) is 21.6. The number of rotatable bonds is 24. The second-order valence-electron chi connectivity index (χ2n) is 9.07. The van der Waals surface area contributed by atoms with E-state index in [0.717, 1.165) is 90.9 Å². The van der Waals surface area contributed by atoms with E-state index in [-0.39, 0.29) is 5.91 Å². The number of carbonyl (C=O) groups is 1. The van der Waals surface area contributed by atoms with Crippen molar-refractivity contribution < 1.29 is 4.79 Å². The van der Waals surface area contributed by atoms with Gasteiger partial charge in [-0.2, -0.15) is 0 Å². The van der Waals surface area contributed by atoms with Crippen molar-refractivity contribution in [3.8, 4) is 0 Å². The zero-order chi connectivity index (χ0) is 24.7. The fourth-order valence-corrected chi connectivity index (χ4v) is 3.74. The molecule has 198 valence electrons. The van der Waals surface area contributed by atoms with Gasteiger partial charge in [-0.05, 0) is 131 Å². The van der Waals surface area contributed by atoms with Gasteiger partial charge in [0, 0.05) is 0 Å². The molecular weight excluding hydrogens is 418 g/mol. The van der Waals surface area contributed by atoms with Crippen LogP contribution in [0.15, 0.2) is 0 Å². The summed E-state index contributed by atoms with van der Waals surface area (Å²) in [4.78, 5) is 21.6. The van der Waals surface area contributed by atoms with Crippen LogP contribution in [0.25, 0.3) is 0 Å². The summed E-state index contributed by atoms with van der Waals surface area (Å²) in [6.07, 6.45) is 6.07. The highest BCUT2D eigenvalue weighted by molar-refractivity contribution is 5.77. The molecular formula is C23H55N9O. The number of nitrogens with zero attached hydrogens (tertiary/aromatic N) is 4. The van der Waals surface area contributed by atoms with E-state index in [9.17, 15) is 4.79 Å². The molecule has 0 aromatic heterocycles. The Kier molecular flexibility index (Phi) is 22.3. The van der Waals surface area contributed by atoms with E-state index < -0.39 is 0 Å². The molecule has 10 heteroatoms. The largest absolute Gasteiger partial charge is 0.342 e. The van der Waals surface area contributed by atoms with Gasteiger partial charge in [0.1, 0.15) is 0 Å². The monoisotopic (exact) mass is 473 g/mol. The van der Waals surface area contributed by atoms with Crippen LogP contribution in [0.1, 0.15) is 38.5 Å². The standard InChI is InChI=1S/C23H55N9O/c1-29(2)22-28-23(33)21-32(19-7-17-30(13-3-9-24)14-4-10-25)20-8-18-31(15-5-11-26)16-6-12-27/h3-22,24-27H2,1-2H3,(H,28,33). The number of hydrogen-bond acceptors (Lipinski definition) is 9. The van der Waals surface area contributed by atoms with E-state index in [4.69, 9.17) is 22.9 Å². The van der Waals surface area contributed by atoms with Crippen LogP contribution >= 0.6 is 0 Å². The third-order valence-electron chi connectivity index (χ3n) is 5.57. The van der Waals surface area contributed by atoms with Crippen molar-refractivity contribution in [2.45, 2.75) is 38.5 Å². The van der Waals surface area contributed by atoms with Gasteiger partial charge in [-0.25, -0.2) is 0 Å². The van der Waals surface area contributed by atoms with E-state index in [2.05, 4.69) is 20.0 Å². The van der Waals surface area contributed by atoms with Crippen LogP contribution in [0.5, 0.6) is 0 Å². The van der Waals surface area contributed by atoms with E-state index >= 15 is 0 Å². The van der Waals surface area contributed by atoms with Crippen molar-refractivity contribution in [3.63, 3.8) is 0 Å². The van der Waals surface area contributed by atoms with Gasteiger partial charge in [0.2, 0.25) is 5.91 Å². The Hall–Kier alpha value is -0.850. The molecule has 0 aliphatic heterocycles. The lowest BCUT2D eigenvalue weighted by Crippen LogP contribution is -2.42. The molecule has 0 saturated carbocycles. The highest BCUT2D eigenvalue weighted by atomic mass is 16.2. The Morgan fingerprint density at radius 1 is 0.576 bits per heavy atom. The van der Waals surface area contributed by atoms with Gasteiger partial charge in [0.05, 0.1) is 13.2 Å². The van der Waals surface area contributed by atoms with Gasteiger partial charge in [-0.1, -0.05) is 0 Å². The second kappa shape index (κ2) is 22.9. The Balaban J connectivity index is 4.71. The first-order valence-corrected chi connectivity index (χ1v) is 12.9. The van der Waals surface area contributed by atoms with Gasteiger partial charge in [0.25, 0.3) is 0 Å². The number of nitrogens with one attached hydrogen (secondary N) is 1. The number of nitrogens with two attached hydrogens (primary N) is 4. The molecule has 33 heavy (non-hydrogen) atoms. The smallest absolute Gasteiger partial charge is 0.235 e. The molecule has 0 aliphatic carbocycles. The molecule has 0 heterocycles. The molecule has 0 saturated heterocycles. The van der Waals surface area contributed by atoms with Crippen LogP contribution < -0.4 is 28.3 Å². The highest BCUT2D eigenvalue weighted by Crippen LogP contribution is 2.02. The van der Waals surface area contributed by atoms with Gasteiger partial charge in [0.15, 0.2) is 0 Å². The first kappa shape index (κ1) is 32.1. The van der Waals surface area contributed by atoms with Crippen LogP contribution in [0.4, 0.5) is 0 Å². The Morgan fingerprint density at radius 3 is 1.24 bits per heavy atom. The summed E-state index contributed by atoms with van der Waals surface area (Å²) < 4.78 is 0. The molecule has 0 aliphatic rings. The lowest BCUT2D eigenvalue weighted by molar-refractivity contribution is -0.122. The average molecular weight is 474 g/mol. The van der Waals surface area contributed by atoms with Gasteiger partial charge in [-0.3, -0.25) is 14.6 Å². The summed E-state index contributed by atoms with van der Waals surface area (Å²) in [5.41, 5.74) is 22.8. The summed E-state index contributed by atoms with van der Waals surface area (Å²) in [5.74, 6) is 0.0786. The van der Waals surface area contributed by atoms with Crippen molar-refractivity contribution in [1.29, 1.82) is 0 Å². The maximum Gasteiger partial charge on any atom is 0.235 e. The lowest BCUT2D eigenvalue weighted by Gasteiger charge is -2.27. The normalized spacial score (nSPS) is 11.9. The number of carbonyl (C=O) groups excluding carboxylic acids is 1. The number of amides is 1. The third-order valence-corrected chi connectivity index (χ3v) is 5.57. The molecule has 0 radical (unpaired) electrons. The molecule has 0 fully saturated rings. The van der Waals surface area contributed by atoms with Gasteiger partial charge >= 0.3 is 0 Å². The fraction of sp³-hybridized carbons (Fsp3) is 0.957. The van der Waals surface area contributed by atoms with Crippen LogP contribution in [0.3, 0.4) is 0 Å². The quantitative estimate of drug-likeness (QED) is 0.108. The molecule has 0 unspecified atom stereocenters. The molecule has 0 aromatic carbocycles. The summed E-state index contributed by atoms with van der Waals surface area (Å²) in [5, 5.41) is 2.99. The molecule has 9 N–H and O–H groups in total. The predicted molar refractivity (Wildman–Crippen MR) is 140 cm³/mol. The summed E-state index contributed by atoms with van der Waals surface area (Å²) in [7, 11) is 3.90. The number of hydrogen-bond donors (Lipinski definition) is 5. The van der Waals surface area contributed by atoms with Gasteiger partial charge in [-0.15, -0.1) is 0 Å². The van der Waals surface area contributed by atoms with Crippen LogP contribution in [-0.2, 0) is 4.79 Å². The van der Waals surface area contributed by atoms with Crippen LogP contribution in [0.2, 0.25) is 0 Å². The van der Waals surface area contributed by atoms with E-state index in [0.29, 0.717) is 39.4 Å². The average Bonchev–Trinajstić information content (AvgIpc) is 2.80. The summed E-state index contributed by atoms with van der Waals surface area (Å²) in [6, 6.07) is 0. The van der Waals surface area contributed by atoms with E-state index in [1.807, 2.05) is 19.0 Å². The fourth-order valence-electron chi connectivity index (χ4n) is 3.74. The maximum absolute atomic E-state index is 12.5. The minimum Gasteiger partial charge on any atom is -0.342 e. The maximum atomic E-state index is 12.5. The Labute approximate surface area is 203 Å². The summed E-state index contributed by atoms with van der Waals surface area (Å²) >= 11 is 0. The summed E-state index contributed by atoms with van der Waals surface area (Å²) in [6.45, 7) is 11.7. The molecule has 1 amide bonds. The minimum absolute atomic E-state index is 0.0786. The van der Waals surface area contributed by atoms with Crippen molar-refractivity contribution in [2.24, 2.45) is 22.9 Å². The van der Waals surface area contributed by atoms with Crippen LogP contribution in [-0.4, -0.2) is 131 Å². The van der Waals surface area contributed by atoms with E-state index in [1.54, 1.807) is 0 Å². The first-order valence-electron chi connectivity index (χ1n) is 12.9. The van der Waals surface area contributed by atoms with Crippen molar-refractivity contribution in [1.82, 2.24) is 24.9 Å². The lowest BCUT2D eigenvalue weighted by atomic mass is 10.2. The minimum atomic E-state index is 0.0786. The second-order valence-corrected chi connectivity index (χ2v) is 9.07. The molecule has 0 bridgehead atoms. The molecule has 0 rings (SSSR count). The van der Waals surface area contributed by atoms with Crippen molar-refractivity contribution in [2.75, 3.05) is 106 Å². The van der Waals surface area contributed by atoms with Crippen molar-refractivity contribution in [3.05, 3.63) is 0 Å². The zero-order valence-electron chi connectivity index (χ0n) is 21.6. The van der Waals surface area contributed by atoms with Crippen molar-refractivity contribution >= 4 is 5.91 Å². The molecule has 0 atom stereocenters. The highest BCUT2D eigenvalue weighted by Gasteiger charge is 2.13.